The van der Waals surface area contributed by atoms with Gasteiger partial charge in [-0.3, -0.25) is 37.3 Å². The van der Waals surface area contributed by atoms with Crippen LogP contribution in [-0.2, 0) is 65.4 Å². The number of esters is 4. The Labute approximate surface area is 592 Å². The van der Waals surface area contributed by atoms with E-state index in [-0.39, 0.29) is 25.7 Å². The van der Waals surface area contributed by atoms with Gasteiger partial charge in [0.1, 0.15) is 19.3 Å². The number of aliphatic hydroxyl groups is 1. The maximum atomic E-state index is 13.1. The molecular formula is C78H148O17P2. The zero-order valence-corrected chi connectivity index (χ0v) is 64.8. The van der Waals surface area contributed by atoms with Crippen molar-refractivity contribution in [2.75, 3.05) is 39.6 Å². The van der Waals surface area contributed by atoms with Gasteiger partial charge >= 0.3 is 39.5 Å². The van der Waals surface area contributed by atoms with E-state index in [0.717, 1.165) is 127 Å². The predicted molar refractivity (Wildman–Crippen MR) is 395 cm³/mol. The second-order valence-electron chi connectivity index (χ2n) is 28.8. The van der Waals surface area contributed by atoms with Gasteiger partial charge in [-0.1, -0.05) is 323 Å². The summed E-state index contributed by atoms with van der Waals surface area (Å²) in [5.74, 6) is 0.0970. The lowest BCUT2D eigenvalue weighted by molar-refractivity contribution is -0.161. The van der Waals surface area contributed by atoms with E-state index < -0.39 is 97.5 Å². The summed E-state index contributed by atoms with van der Waals surface area (Å²) in [5, 5.41) is 10.6. The minimum absolute atomic E-state index is 0.0842. The van der Waals surface area contributed by atoms with Gasteiger partial charge in [-0.2, -0.15) is 0 Å². The largest absolute Gasteiger partial charge is 0.472 e. The Balaban J connectivity index is 5.22. The van der Waals surface area contributed by atoms with Crippen LogP contribution in [0, 0.1) is 17.8 Å². The van der Waals surface area contributed by atoms with Crippen molar-refractivity contribution in [2.45, 2.75) is 394 Å². The fourth-order valence-electron chi connectivity index (χ4n) is 11.4. The van der Waals surface area contributed by atoms with Gasteiger partial charge in [0.25, 0.3) is 0 Å². The van der Waals surface area contributed by atoms with E-state index in [0.29, 0.717) is 31.6 Å². The Morgan fingerprint density at radius 1 is 0.320 bits per heavy atom. The summed E-state index contributed by atoms with van der Waals surface area (Å²) in [6, 6.07) is 0. The third-order valence-corrected chi connectivity index (χ3v) is 19.4. The fourth-order valence-corrected chi connectivity index (χ4v) is 13.0. The molecule has 0 amide bonds. The van der Waals surface area contributed by atoms with Gasteiger partial charge in [0.05, 0.1) is 26.4 Å². The highest BCUT2D eigenvalue weighted by Crippen LogP contribution is 2.45. The van der Waals surface area contributed by atoms with Crippen LogP contribution in [0.2, 0.25) is 0 Å². The molecule has 19 heteroatoms. The molecule has 0 saturated heterocycles. The minimum atomic E-state index is -4.96. The number of ether oxygens (including phenoxy) is 4. The fraction of sp³-hybridized carbons (Fsp3) is 0.897. The van der Waals surface area contributed by atoms with Gasteiger partial charge in [0.2, 0.25) is 0 Å². The average Bonchev–Trinajstić information content (AvgIpc) is 1.57. The normalized spacial score (nSPS) is 14.2. The van der Waals surface area contributed by atoms with Crippen molar-refractivity contribution >= 4 is 39.5 Å². The Kier molecular flexibility index (Phi) is 66.3. The third-order valence-electron chi connectivity index (χ3n) is 17.5. The first-order valence-electron chi connectivity index (χ1n) is 39.7. The van der Waals surface area contributed by atoms with Gasteiger partial charge < -0.3 is 33.8 Å². The van der Waals surface area contributed by atoms with Gasteiger partial charge in [0, 0.05) is 25.7 Å². The maximum Gasteiger partial charge on any atom is 0.472 e. The van der Waals surface area contributed by atoms with E-state index in [1.54, 1.807) is 0 Å². The van der Waals surface area contributed by atoms with Gasteiger partial charge in [-0.25, -0.2) is 9.13 Å². The molecular weight excluding hydrogens is 1270 g/mol. The first-order chi connectivity index (χ1) is 46.7. The summed E-state index contributed by atoms with van der Waals surface area (Å²) in [4.78, 5) is 72.8. The predicted octanol–water partition coefficient (Wildman–Crippen LogP) is 22.5. The Bertz CT molecular complexity index is 1980. The summed E-state index contributed by atoms with van der Waals surface area (Å²) < 4.78 is 68.5. The molecule has 572 valence electrons. The molecule has 0 aromatic carbocycles. The first kappa shape index (κ1) is 94.5. The van der Waals surface area contributed by atoms with Gasteiger partial charge in [-0.05, 0) is 69.1 Å². The number of carbonyl (C=O) groups excluding carboxylic acids is 4. The van der Waals surface area contributed by atoms with Crippen molar-refractivity contribution in [2.24, 2.45) is 17.8 Å². The highest BCUT2D eigenvalue weighted by atomic mass is 31.2. The first-order valence-corrected chi connectivity index (χ1v) is 42.7. The molecule has 0 saturated carbocycles. The number of hydrogen-bond donors (Lipinski definition) is 3. The number of rotatable bonds is 74. The molecule has 0 aliphatic carbocycles. The number of hydrogen-bond acceptors (Lipinski definition) is 15. The zero-order valence-electron chi connectivity index (χ0n) is 63.0. The molecule has 17 nitrogen and oxygen atoms in total. The van der Waals surface area contributed by atoms with Crippen LogP contribution in [0.1, 0.15) is 376 Å². The minimum Gasteiger partial charge on any atom is -0.462 e. The molecule has 3 N–H and O–H groups in total. The van der Waals surface area contributed by atoms with E-state index in [9.17, 15) is 43.2 Å². The van der Waals surface area contributed by atoms with Crippen molar-refractivity contribution in [3.8, 4) is 0 Å². The lowest BCUT2D eigenvalue weighted by Crippen LogP contribution is -2.30. The lowest BCUT2D eigenvalue weighted by Gasteiger charge is -2.21. The van der Waals surface area contributed by atoms with Crippen LogP contribution in [0.4, 0.5) is 0 Å². The van der Waals surface area contributed by atoms with E-state index in [1.165, 1.54) is 161 Å². The summed E-state index contributed by atoms with van der Waals surface area (Å²) in [5.41, 5.74) is 0. The highest BCUT2D eigenvalue weighted by molar-refractivity contribution is 7.47. The monoisotopic (exact) mass is 1420 g/mol. The van der Waals surface area contributed by atoms with Crippen molar-refractivity contribution in [3.05, 3.63) is 24.3 Å². The van der Waals surface area contributed by atoms with Crippen LogP contribution < -0.4 is 0 Å². The number of carbonyl (C=O) groups is 4. The number of allylic oxidation sites excluding steroid dienone is 4. The van der Waals surface area contributed by atoms with Crippen molar-refractivity contribution in [1.29, 1.82) is 0 Å². The molecule has 0 aromatic heterocycles. The molecule has 0 aromatic rings. The van der Waals surface area contributed by atoms with E-state index in [2.05, 4.69) is 72.8 Å². The summed E-state index contributed by atoms with van der Waals surface area (Å²) >= 11 is 0. The van der Waals surface area contributed by atoms with Gasteiger partial charge in [-0.15, -0.1) is 0 Å². The molecule has 0 fully saturated rings. The van der Waals surface area contributed by atoms with Crippen LogP contribution in [0.3, 0.4) is 0 Å². The van der Waals surface area contributed by atoms with E-state index in [4.69, 9.17) is 37.0 Å². The standard InChI is InChI=1S/C78H148O17P2/c1-8-9-10-11-12-13-14-15-20-24-27-30-39-47-54-61-77(82)94-73(65-88-75(80)59-52-45-38-33-32-36-43-50-57-70(4)5)67-92-96(84,85)90-63-72(79)64-91-97(86,87)93-68-74(66-89-76(81)60-53-46-41-34-37-44-51-58-71(6)7)95-78(83)62-55-48-40-31-28-25-22-19-17-16-18-21-23-26-29-35-42-49-56-69(2)3/h13-15,20,69-74,79H,8-12,16-19,21-68H2,1-7H3,(H,84,85)(H,86,87)/b14-13-,20-15-/t72?,73-,74-/m1/s1. The smallest absolute Gasteiger partial charge is 0.462 e. The highest BCUT2D eigenvalue weighted by Gasteiger charge is 2.30. The Morgan fingerprint density at radius 3 is 0.835 bits per heavy atom. The number of phosphoric ester groups is 2. The second kappa shape index (κ2) is 68.0. The molecule has 0 aliphatic heterocycles. The van der Waals surface area contributed by atoms with Crippen LogP contribution in [-0.4, -0.2) is 96.7 Å². The summed E-state index contributed by atoms with van der Waals surface area (Å²) in [6.07, 6.45) is 57.9. The summed E-state index contributed by atoms with van der Waals surface area (Å²) in [6.45, 7) is 11.8. The summed E-state index contributed by atoms with van der Waals surface area (Å²) in [7, 11) is -9.93. The lowest BCUT2D eigenvalue weighted by atomic mass is 10.0. The molecule has 97 heavy (non-hydrogen) atoms. The molecule has 3 unspecified atom stereocenters. The molecule has 0 radical (unpaired) electrons. The SMILES string of the molecule is CCCCCC/C=C\C=C/CCCCCCCC(=O)O[C@H](COC(=O)CCCCCCCCCCC(C)C)COP(=O)(O)OCC(O)COP(=O)(O)OC[C@@H](COC(=O)CCCCCCCCCC(C)C)OC(=O)CCCCCCCCCCCCCCCCCCCCC(C)C. The maximum absolute atomic E-state index is 13.1. The Morgan fingerprint density at radius 2 is 0.557 bits per heavy atom. The van der Waals surface area contributed by atoms with Crippen LogP contribution in [0.5, 0.6) is 0 Å². The molecule has 5 atom stereocenters. The van der Waals surface area contributed by atoms with Gasteiger partial charge in [0.15, 0.2) is 12.2 Å². The Hall–Kier alpha value is -2.46. The van der Waals surface area contributed by atoms with Crippen LogP contribution >= 0.6 is 15.6 Å². The molecule has 0 bridgehead atoms. The molecule has 0 spiro atoms. The number of aliphatic hydroxyl groups excluding tert-OH is 1. The van der Waals surface area contributed by atoms with E-state index in [1.807, 2.05) is 0 Å². The number of phosphoric acid groups is 2. The quantitative estimate of drug-likeness (QED) is 0.0169. The van der Waals surface area contributed by atoms with Crippen LogP contribution in [0.15, 0.2) is 24.3 Å². The molecule has 0 aliphatic rings. The second-order valence-corrected chi connectivity index (χ2v) is 31.7. The van der Waals surface area contributed by atoms with Crippen molar-refractivity contribution in [3.63, 3.8) is 0 Å². The van der Waals surface area contributed by atoms with Crippen LogP contribution in [0.25, 0.3) is 0 Å². The third kappa shape index (κ3) is 71.7. The van der Waals surface area contributed by atoms with Crippen molar-refractivity contribution in [1.82, 2.24) is 0 Å². The zero-order chi connectivity index (χ0) is 71.6. The average molecular weight is 1420 g/mol. The molecule has 0 heterocycles. The van der Waals surface area contributed by atoms with E-state index >= 15 is 0 Å². The number of unbranched alkanes of at least 4 members (excludes halogenated alkanes) is 39. The molecule has 0 rings (SSSR count). The topological polar surface area (TPSA) is 237 Å². The van der Waals surface area contributed by atoms with Crippen molar-refractivity contribution < 1.29 is 80.2 Å².